The van der Waals surface area contributed by atoms with E-state index in [9.17, 15) is 14.0 Å². The van der Waals surface area contributed by atoms with Gasteiger partial charge in [-0.05, 0) is 13.3 Å². The Labute approximate surface area is 135 Å². The summed E-state index contributed by atoms with van der Waals surface area (Å²) in [6, 6.07) is -0.848. The number of carboxylic acids is 1. The molecular formula is C14H23ClFNO5. The van der Waals surface area contributed by atoms with E-state index in [1.165, 1.54) is 0 Å². The van der Waals surface area contributed by atoms with Gasteiger partial charge >= 0.3 is 11.9 Å². The Kier molecular flexibility index (Phi) is 9.97. The fraction of sp³-hybridized carbons (Fsp3) is 0.714. The number of esters is 1. The summed E-state index contributed by atoms with van der Waals surface area (Å²) in [5.41, 5.74) is -1.64. The Balaban J connectivity index is 0.00000441. The number of aliphatic carboxylic acids is 1. The van der Waals surface area contributed by atoms with Crippen LogP contribution in [0.3, 0.4) is 0 Å². The van der Waals surface area contributed by atoms with Gasteiger partial charge in [0, 0.05) is 19.4 Å². The Morgan fingerprint density at radius 2 is 2.18 bits per heavy atom. The molecule has 0 aromatic heterocycles. The van der Waals surface area contributed by atoms with Crippen LogP contribution in [-0.2, 0) is 19.1 Å². The third-order valence-corrected chi connectivity index (χ3v) is 3.10. The first-order valence-electron chi connectivity index (χ1n) is 7.00. The van der Waals surface area contributed by atoms with E-state index in [0.29, 0.717) is 19.4 Å². The zero-order chi connectivity index (χ0) is 15.7. The average molecular weight is 340 g/mol. The lowest BCUT2D eigenvalue weighted by Gasteiger charge is -2.17. The molecule has 2 N–H and O–H groups in total. The van der Waals surface area contributed by atoms with Crippen molar-refractivity contribution in [2.75, 3.05) is 26.4 Å². The summed E-state index contributed by atoms with van der Waals surface area (Å²) in [7, 11) is 0. The SMILES string of the molecule is CCOC(=O)CC/C=C/COC[C@]1(F)CN[C@H](C(=O)O)C1.Cl. The fourth-order valence-electron chi connectivity index (χ4n) is 2.03. The van der Waals surface area contributed by atoms with Crippen LogP contribution in [0.1, 0.15) is 26.2 Å². The number of carboxylic acid groups (broad SMARTS) is 1. The molecule has 0 aromatic rings. The Morgan fingerprint density at radius 3 is 2.77 bits per heavy atom. The van der Waals surface area contributed by atoms with Crippen molar-refractivity contribution in [3.8, 4) is 0 Å². The average Bonchev–Trinajstić information content (AvgIpc) is 2.81. The summed E-state index contributed by atoms with van der Waals surface area (Å²) < 4.78 is 24.1. The zero-order valence-corrected chi connectivity index (χ0v) is 13.4. The highest BCUT2D eigenvalue weighted by molar-refractivity contribution is 5.85. The van der Waals surface area contributed by atoms with Crippen molar-refractivity contribution < 1.29 is 28.6 Å². The van der Waals surface area contributed by atoms with Gasteiger partial charge in [0.1, 0.15) is 11.7 Å². The molecular weight excluding hydrogens is 317 g/mol. The molecule has 0 saturated carbocycles. The summed E-state index contributed by atoms with van der Waals surface area (Å²) in [4.78, 5) is 21.8. The fourth-order valence-corrected chi connectivity index (χ4v) is 2.03. The number of rotatable bonds is 9. The summed E-state index contributed by atoms with van der Waals surface area (Å²) in [5.74, 6) is -1.30. The quantitative estimate of drug-likeness (QED) is 0.376. The van der Waals surface area contributed by atoms with Gasteiger partial charge in [0.15, 0.2) is 0 Å². The molecule has 0 spiro atoms. The van der Waals surface area contributed by atoms with Crippen LogP contribution < -0.4 is 5.32 Å². The van der Waals surface area contributed by atoms with E-state index >= 15 is 0 Å². The van der Waals surface area contributed by atoms with Crippen molar-refractivity contribution >= 4 is 24.3 Å². The number of ether oxygens (including phenoxy) is 2. The second-order valence-corrected chi connectivity index (χ2v) is 4.96. The number of halogens is 2. The van der Waals surface area contributed by atoms with Gasteiger partial charge in [-0.3, -0.25) is 9.59 Å². The van der Waals surface area contributed by atoms with E-state index in [-0.39, 0.29) is 44.6 Å². The van der Waals surface area contributed by atoms with Crippen molar-refractivity contribution in [1.82, 2.24) is 5.32 Å². The highest BCUT2D eigenvalue weighted by atomic mass is 35.5. The highest BCUT2D eigenvalue weighted by Crippen LogP contribution is 2.24. The maximum atomic E-state index is 14.2. The first kappa shape index (κ1) is 20.8. The van der Waals surface area contributed by atoms with Crippen LogP contribution in [0, 0.1) is 0 Å². The Morgan fingerprint density at radius 1 is 1.45 bits per heavy atom. The molecule has 1 rings (SSSR count). The molecule has 128 valence electrons. The normalized spacial score (nSPS) is 24.2. The van der Waals surface area contributed by atoms with E-state index < -0.39 is 17.7 Å². The lowest BCUT2D eigenvalue weighted by atomic mass is 10.0. The van der Waals surface area contributed by atoms with E-state index in [1.54, 1.807) is 19.1 Å². The molecule has 0 aromatic carbocycles. The summed E-state index contributed by atoms with van der Waals surface area (Å²) in [6.45, 7) is 2.19. The van der Waals surface area contributed by atoms with Crippen LogP contribution in [0.5, 0.6) is 0 Å². The summed E-state index contributed by atoms with van der Waals surface area (Å²) in [6.07, 6.45) is 4.25. The third-order valence-electron chi connectivity index (χ3n) is 3.10. The summed E-state index contributed by atoms with van der Waals surface area (Å²) >= 11 is 0. The van der Waals surface area contributed by atoms with Gasteiger partial charge in [-0.1, -0.05) is 12.2 Å². The zero-order valence-electron chi connectivity index (χ0n) is 12.5. The first-order chi connectivity index (χ1) is 9.97. The predicted octanol–water partition coefficient (Wildman–Crippen LogP) is 1.48. The van der Waals surface area contributed by atoms with Gasteiger partial charge < -0.3 is 19.9 Å². The van der Waals surface area contributed by atoms with Gasteiger partial charge in [-0.2, -0.15) is 0 Å². The smallest absolute Gasteiger partial charge is 0.320 e. The number of nitrogens with one attached hydrogen (secondary N) is 1. The van der Waals surface area contributed by atoms with Crippen molar-refractivity contribution in [1.29, 1.82) is 0 Å². The standard InChI is InChI=1S/C14H22FNO5.ClH/c1-2-21-12(17)6-4-3-5-7-20-10-14(15)8-11(13(18)19)16-9-14;/h3,5,11,16H,2,4,6-10H2,1H3,(H,18,19);1H/b5-3+;/t11-,14+;/m0./s1. The molecule has 0 aliphatic carbocycles. The molecule has 0 radical (unpaired) electrons. The highest BCUT2D eigenvalue weighted by Gasteiger charge is 2.42. The molecule has 0 bridgehead atoms. The molecule has 1 fully saturated rings. The summed E-state index contributed by atoms with van der Waals surface area (Å²) in [5, 5.41) is 11.4. The molecule has 22 heavy (non-hydrogen) atoms. The van der Waals surface area contributed by atoms with Crippen molar-refractivity contribution in [3.05, 3.63) is 12.2 Å². The molecule has 6 nitrogen and oxygen atoms in total. The third kappa shape index (κ3) is 7.72. The molecule has 0 amide bonds. The largest absolute Gasteiger partial charge is 0.480 e. The first-order valence-corrected chi connectivity index (χ1v) is 7.00. The van der Waals surface area contributed by atoms with Crippen LogP contribution in [0.25, 0.3) is 0 Å². The van der Waals surface area contributed by atoms with Gasteiger partial charge in [-0.15, -0.1) is 12.4 Å². The van der Waals surface area contributed by atoms with Crippen molar-refractivity contribution in [3.63, 3.8) is 0 Å². The molecule has 1 aliphatic rings. The van der Waals surface area contributed by atoms with E-state index in [4.69, 9.17) is 14.6 Å². The van der Waals surface area contributed by atoms with Crippen LogP contribution in [0.15, 0.2) is 12.2 Å². The number of allylic oxidation sites excluding steroid dienone is 1. The number of hydrogen-bond acceptors (Lipinski definition) is 5. The minimum absolute atomic E-state index is 0. The number of carbonyl (C=O) groups is 2. The lowest BCUT2D eigenvalue weighted by Crippen LogP contribution is -2.31. The van der Waals surface area contributed by atoms with Gasteiger partial charge in [-0.25, -0.2) is 4.39 Å². The van der Waals surface area contributed by atoms with Crippen molar-refractivity contribution in [2.24, 2.45) is 0 Å². The Hall–Kier alpha value is -1.18. The maximum absolute atomic E-state index is 14.2. The minimum Gasteiger partial charge on any atom is -0.480 e. The number of alkyl halides is 1. The van der Waals surface area contributed by atoms with E-state index in [2.05, 4.69) is 5.32 Å². The van der Waals surface area contributed by atoms with Crippen LogP contribution in [-0.4, -0.2) is 55.1 Å². The monoisotopic (exact) mass is 339 g/mol. The van der Waals surface area contributed by atoms with Gasteiger partial charge in [0.25, 0.3) is 0 Å². The number of carbonyl (C=O) groups excluding carboxylic acids is 1. The molecule has 8 heteroatoms. The molecule has 1 saturated heterocycles. The molecule has 1 heterocycles. The second kappa shape index (κ2) is 10.5. The van der Waals surface area contributed by atoms with E-state index in [1.807, 2.05) is 0 Å². The van der Waals surface area contributed by atoms with Crippen LogP contribution in [0.2, 0.25) is 0 Å². The molecule has 1 aliphatic heterocycles. The van der Waals surface area contributed by atoms with E-state index in [0.717, 1.165) is 0 Å². The Bertz CT molecular complexity index is 393. The van der Waals surface area contributed by atoms with Crippen molar-refractivity contribution in [2.45, 2.75) is 37.9 Å². The topological polar surface area (TPSA) is 84.9 Å². The maximum Gasteiger partial charge on any atom is 0.320 e. The molecule has 2 atom stereocenters. The minimum atomic E-state index is -1.64. The second-order valence-electron chi connectivity index (χ2n) is 4.96. The lowest BCUT2D eigenvalue weighted by molar-refractivity contribution is -0.143. The van der Waals surface area contributed by atoms with Crippen LogP contribution in [0.4, 0.5) is 4.39 Å². The number of hydrogen-bond donors (Lipinski definition) is 2. The predicted molar refractivity (Wildman–Crippen MR) is 81.0 cm³/mol. The van der Waals surface area contributed by atoms with Crippen LogP contribution >= 0.6 is 12.4 Å². The van der Waals surface area contributed by atoms with Gasteiger partial charge in [0.2, 0.25) is 0 Å². The molecule has 0 unspecified atom stereocenters. The van der Waals surface area contributed by atoms with Gasteiger partial charge in [0.05, 0.1) is 19.8 Å².